The van der Waals surface area contributed by atoms with Crippen LogP contribution in [0.3, 0.4) is 0 Å². The van der Waals surface area contributed by atoms with Crippen molar-refractivity contribution >= 4 is 9.84 Å². The maximum Gasteiger partial charge on any atom is 0.154 e. The molecular formula is C11H23NO2S. The highest BCUT2D eigenvalue weighted by Gasteiger charge is 2.35. The molecule has 1 aliphatic rings. The third-order valence-electron chi connectivity index (χ3n) is 3.35. The topological polar surface area (TPSA) is 60.2 Å². The summed E-state index contributed by atoms with van der Waals surface area (Å²) < 4.78 is 24.0. The Balaban J connectivity index is 2.67. The summed E-state index contributed by atoms with van der Waals surface area (Å²) in [5.41, 5.74) is 5.92. The summed E-state index contributed by atoms with van der Waals surface area (Å²) in [6.45, 7) is 4.13. The number of unbranched alkanes of at least 4 members (excludes halogenated alkanes) is 1. The molecule has 0 aromatic rings. The van der Waals surface area contributed by atoms with E-state index in [2.05, 4.69) is 6.92 Å². The standard InChI is InChI=1S/C11H23NO2S/c1-3-4-7-15(13,14)11-8-9(2)5-6-10(11)12/h9-11H,3-8,12H2,1-2H3. The van der Waals surface area contributed by atoms with Crippen LogP contribution in [0.25, 0.3) is 0 Å². The molecule has 0 spiro atoms. The van der Waals surface area contributed by atoms with Crippen LogP contribution in [0.1, 0.15) is 46.0 Å². The number of sulfone groups is 1. The van der Waals surface area contributed by atoms with Crippen LogP contribution in [-0.2, 0) is 9.84 Å². The molecule has 15 heavy (non-hydrogen) atoms. The van der Waals surface area contributed by atoms with Crippen LogP contribution in [0.2, 0.25) is 0 Å². The molecule has 3 nitrogen and oxygen atoms in total. The molecule has 0 saturated heterocycles. The predicted molar refractivity (Wildman–Crippen MR) is 63.5 cm³/mol. The second-order valence-electron chi connectivity index (χ2n) is 4.84. The van der Waals surface area contributed by atoms with Gasteiger partial charge in [-0.1, -0.05) is 20.3 Å². The molecule has 0 aromatic heterocycles. The average Bonchev–Trinajstić information content (AvgIpc) is 2.18. The molecule has 90 valence electrons. The van der Waals surface area contributed by atoms with E-state index in [0.29, 0.717) is 11.7 Å². The van der Waals surface area contributed by atoms with Gasteiger partial charge in [-0.15, -0.1) is 0 Å². The Morgan fingerprint density at radius 2 is 2.00 bits per heavy atom. The SMILES string of the molecule is CCCCS(=O)(=O)C1CC(C)CCC1N. The molecule has 0 radical (unpaired) electrons. The van der Waals surface area contributed by atoms with Crippen LogP contribution >= 0.6 is 0 Å². The zero-order valence-electron chi connectivity index (χ0n) is 9.78. The van der Waals surface area contributed by atoms with E-state index in [4.69, 9.17) is 5.73 Å². The maximum absolute atomic E-state index is 12.0. The molecule has 1 rings (SSSR count). The fourth-order valence-corrected chi connectivity index (χ4v) is 4.55. The van der Waals surface area contributed by atoms with Gasteiger partial charge in [0.05, 0.1) is 11.0 Å². The van der Waals surface area contributed by atoms with Crippen molar-refractivity contribution in [3.8, 4) is 0 Å². The van der Waals surface area contributed by atoms with E-state index >= 15 is 0 Å². The summed E-state index contributed by atoms with van der Waals surface area (Å²) in [6.07, 6.45) is 4.38. The van der Waals surface area contributed by atoms with Gasteiger partial charge in [-0.05, 0) is 31.6 Å². The Labute approximate surface area is 93.3 Å². The Morgan fingerprint density at radius 1 is 1.33 bits per heavy atom. The van der Waals surface area contributed by atoms with E-state index in [9.17, 15) is 8.42 Å². The molecule has 1 saturated carbocycles. The molecule has 1 aliphatic carbocycles. The zero-order valence-corrected chi connectivity index (χ0v) is 10.6. The Bertz CT molecular complexity index is 287. The summed E-state index contributed by atoms with van der Waals surface area (Å²) in [5, 5.41) is -0.284. The predicted octanol–water partition coefficient (Wildman–Crippen LogP) is 1.72. The third kappa shape index (κ3) is 3.45. The van der Waals surface area contributed by atoms with E-state index in [1.807, 2.05) is 6.92 Å². The first-order chi connectivity index (χ1) is 6.97. The first-order valence-electron chi connectivity index (χ1n) is 5.94. The molecule has 4 heteroatoms. The highest BCUT2D eigenvalue weighted by molar-refractivity contribution is 7.92. The molecule has 0 heterocycles. The van der Waals surface area contributed by atoms with Crippen molar-refractivity contribution < 1.29 is 8.42 Å². The monoisotopic (exact) mass is 233 g/mol. The minimum atomic E-state index is -2.95. The van der Waals surface area contributed by atoms with Crippen molar-refractivity contribution in [2.24, 2.45) is 11.7 Å². The molecule has 0 bridgehead atoms. The molecule has 0 aromatic carbocycles. The van der Waals surface area contributed by atoms with Crippen molar-refractivity contribution in [3.05, 3.63) is 0 Å². The first kappa shape index (κ1) is 13.0. The Morgan fingerprint density at radius 3 is 2.60 bits per heavy atom. The fraction of sp³-hybridized carbons (Fsp3) is 1.00. The van der Waals surface area contributed by atoms with Gasteiger partial charge in [0.25, 0.3) is 0 Å². The third-order valence-corrected chi connectivity index (χ3v) is 5.67. The maximum atomic E-state index is 12.0. The highest BCUT2D eigenvalue weighted by Crippen LogP contribution is 2.28. The van der Waals surface area contributed by atoms with E-state index < -0.39 is 9.84 Å². The lowest BCUT2D eigenvalue weighted by Gasteiger charge is -2.32. The summed E-state index contributed by atoms with van der Waals surface area (Å²) >= 11 is 0. The van der Waals surface area contributed by atoms with Crippen LogP contribution in [0.5, 0.6) is 0 Å². The largest absolute Gasteiger partial charge is 0.327 e. The normalized spacial score (nSPS) is 32.9. The molecule has 3 atom stereocenters. The van der Waals surface area contributed by atoms with E-state index in [1.165, 1.54) is 0 Å². The van der Waals surface area contributed by atoms with Gasteiger partial charge in [0.15, 0.2) is 9.84 Å². The van der Waals surface area contributed by atoms with Gasteiger partial charge in [-0.25, -0.2) is 8.42 Å². The summed E-state index contributed by atoms with van der Waals surface area (Å²) in [4.78, 5) is 0. The van der Waals surface area contributed by atoms with E-state index in [-0.39, 0.29) is 11.3 Å². The molecule has 0 aliphatic heterocycles. The second-order valence-corrected chi connectivity index (χ2v) is 7.18. The van der Waals surface area contributed by atoms with Crippen LogP contribution < -0.4 is 5.73 Å². The Hall–Kier alpha value is -0.0900. The average molecular weight is 233 g/mol. The Kier molecular flexibility index (Phi) is 4.59. The van der Waals surface area contributed by atoms with Crippen LogP contribution in [0, 0.1) is 5.92 Å². The molecule has 0 amide bonds. The minimum Gasteiger partial charge on any atom is -0.327 e. The van der Waals surface area contributed by atoms with Crippen LogP contribution in [0.15, 0.2) is 0 Å². The van der Waals surface area contributed by atoms with Crippen molar-refractivity contribution in [1.82, 2.24) is 0 Å². The summed E-state index contributed by atoms with van der Waals surface area (Å²) in [6, 6.07) is -0.136. The zero-order chi connectivity index (χ0) is 11.5. The molecule has 2 N–H and O–H groups in total. The number of hydrogen-bond acceptors (Lipinski definition) is 3. The van der Waals surface area contributed by atoms with Gasteiger partial charge < -0.3 is 5.73 Å². The molecule has 3 unspecified atom stereocenters. The van der Waals surface area contributed by atoms with Crippen molar-refractivity contribution in [2.75, 3.05) is 5.75 Å². The molecular weight excluding hydrogens is 210 g/mol. The van der Waals surface area contributed by atoms with Gasteiger partial charge in [-0.3, -0.25) is 0 Å². The van der Waals surface area contributed by atoms with Gasteiger partial charge in [0.1, 0.15) is 0 Å². The lowest BCUT2D eigenvalue weighted by atomic mass is 9.87. The van der Waals surface area contributed by atoms with Gasteiger partial charge >= 0.3 is 0 Å². The summed E-state index contributed by atoms with van der Waals surface area (Å²) in [5.74, 6) is 0.820. The lowest BCUT2D eigenvalue weighted by Crippen LogP contribution is -2.45. The van der Waals surface area contributed by atoms with Crippen molar-refractivity contribution in [3.63, 3.8) is 0 Å². The quantitative estimate of drug-likeness (QED) is 0.804. The minimum absolute atomic E-state index is 0.136. The van der Waals surface area contributed by atoms with Gasteiger partial charge in [0, 0.05) is 6.04 Å². The molecule has 1 fully saturated rings. The second kappa shape index (κ2) is 5.30. The highest BCUT2D eigenvalue weighted by atomic mass is 32.2. The smallest absolute Gasteiger partial charge is 0.154 e. The van der Waals surface area contributed by atoms with Gasteiger partial charge in [0.2, 0.25) is 0 Å². The first-order valence-corrected chi connectivity index (χ1v) is 7.66. The van der Waals surface area contributed by atoms with Crippen molar-refractivity contribution in [2.45, 2.75) is 57.2 Å². The van der Waals surface area contributed by atoms with E-state index in [0.717, 1.165) is 32.1 Å². The summed E-state index contributed by atoms with van der Waals surface area (Å²) in [7, 11) is -2.95. The number of rotatable bonds is 4. The lowest BCUT2D eigenvalue weighted by molar-refractivity contribution is 0.346. The van der Waals surface area contributed by atoms with E-state index in [1.54, 1.807) is 0 Å². The number of hydrogen-bond donors (Lipinski definition) is 1. The fourth-order valence-electron chi connectivity index (χ4n) is 2.26. The van der Waals surface area contributed by atoms with Crippen molar-refractivity contribution in [1.29, 1.82) is 0 Å². The van der Waals surface area contributed by atoms with Crippen LogP contribution in [-0.4, -0.2) is 25.5 Å². The number of nitrogens with two attached hydrogens (primary N) is 1. The van der Waals surface area contributed by atoms with Crippen LogP contribution in [0.4, 0.5) is 0 Å². The van der Waals surface area contributed by atoms with Gasteiger partial charge in [-0.2, -0.15) is 0 Å².